The molecule has 0 saturated carbocycles. The van der Waals surface area contributed by atoms with Crippen LogP contribution in [0.5, 0.6) is 6.01 Å². The summed E-state index contributed by atoms with van der Waals surface area (Å²) in [6, 6.07) is 5.15. The quantitative estimate of drug-likeness (QED) is 0.314. The van der Waals surface area contributed by atoms with E-state index in [0.29, 0.717) is 36.5 Å². The molecule has 8 nitrogen and oxygen atoms in total. The Balaban J connectivity index is 1.35. The first kappa shape index (κ1) is 27.2. The lowest BCUT2D eigenvalue weighted by Gasteiger charge is -2.34. The van der Waals surface area contributed by atoms with Gasteiger partial charge in [0.25, 0.3) is 6.08 Å². The van der Waals surface area contributed by atoms with E-state index in [4.69, 9.17) is 9.72 Å². The van der Waals surface area contributed by atoms with Gasteiger partial charge in [-0.15, -0.1) is 0 Å². The molecule has 2 N–H and O–H groups in total. The molecule has 3 fully saturated rings. The number of hydrogen-bond acceptors (Lipinski definition) is 7. The summed E-state index contributed by atoms with van der Waals surface area (Å²) < 4.78 is 49.3. The summed E-state index contributed by atoms with van der Waals surface area (Å²) in [5.41, 5.74) is 4.11. The predicted octanol–water partition coefficient (Wildman–Crippen LogP) is 5.49. The average Bonchev–Trinajstić information content (AvgIpc) is 3.69. The lowest BCUT2D eigenvalue weighted by molar-refractivity contribution is 0.108. The fraction of sp³-hybridized carbons (Fsp3) is 0.452. The molecular weight excluding hydrogens is 543 g/mol. The number of fused-ring (bicyclic) bond motifs is 3. The number of piperazine rings is 1. The minimum absolute atomic E-state index is 0.0337. The van der Waals surface area contributed by atoms with Gasteiger partial charge < -0.3 is 15.0 Å². The van der Waals surface area contributed by atoms with E-state index in [1.807, 2.05) is 30.9 Å². The van der Waals surface area contributed by atoms with Crippen LogP contribution in [0.4, 0.5) is 19.0 Å². The molecule has 4 aromatic rings. The van der Waals surface area contributed by atoms with E-state index in [1.54, 1.807) is 12.3 Å². The second-order valence-electron chi connectivity index (χ2n) is 11.8. The second-order valence-corrected chi connectivity index (χ2v) is 11.8. The van der Waals surface area contributed by atoms with Crippen LogP contribution in [0.3, 0.4) is 0 Å². The molecule has 1 atom stereocenters. The van der Waals surface area contributed by atoms with Crippen LogP contribution in [0, 0.1) is 19.7 Å². The van der Waals surface area contributed by atoms with Crippen LogP contribution in [0.2, 0.25) is 0 Å². The number of anilines is 1. The lowest BCUT2D eigenvalue weighted by Crippen LogP contribution is -2.50. The van der Waals surface area contributed by atoms with Crippen molar-refractivity contribution >= 4 is 27.6 Å². The molecule has 2 aromatic heterocycles. The zero-order valence-corrected chi connectivity index (χ0v) is 23.8. The smallest absolute Gasteiger partial charge is 0.319 e. The zero-order chi connectivity index (χ0) is 29.0. The van der Waals surface area contributed by atoms with E-state index < -0.39 is 17.9 Å². The largest absolute Gasteiger partial charge is 0.461 e. The molecule has 3 aliphatic heterocycles. The Labute approximate surface area is 242 Å². The van der Waals surface area contributed by atoms with Crippen LogP contribution >= 0.6 is 0 Å². The molecule has 0 spiro atoms. The van der Waals surface area contributed by atoms with Gasteiger partial charge in [-0.3, -0.25) is 10.00 Å². The molecular formula is C31H34F3N7O. The maximum absolute atomic E-state index is 16.7. The zero-order valence-electron chi connectivity index (χ0n) is 23.8. The maximum Gasteiger partial charge on any atom is 0.319 e. The van der Waals surface area contributed by atoms with Gasteiger partial charge in [-0.25, -0.2) is 4.39 Å². The number of nitrogens with one attached hydrogen (secondary N) is 2. The van der Waals surface area contributed by atoms with Crippen molar-refractivity contribution in [2.45, 2.75) is 51.1 Å². The Hall–Kier alpha value is -3.70. The topological polar surface area (TPSA) is 82.2 Å². The van der Waals surface area contributed by atoms with Gasteiger partial charge in [0, 0.05) is 42.0 Å². The van der Waals surface area contributed by atoms with Crippen LogP contribution in [0.1, 0.15) is 36.8 Å². The van der Waals surface area contributed by atoms with Crippen LogP contribution in [0.25, 0.3) is 32.9 Å². The third-order valence-electron chi connectivity index (χ3n) is 9.41. The van der Waals surface area contributed by atoms with E-state index in [0.717, 1.165) is 72.4 Å². The Bertz CT molecular complexity index is 1690. The van der Waals surface area contributed by atoms with Crippen LogP contribution in [-0.2, 0) is 0 Å². The van der Waals surface area contributed by atoms with E-state index in [1.165, 1.54) is 0 Å². The van der Waals surface area contributed by atoms with E-state index in [9.17, 15) is 8.78 Å². The first-order valence-electron chi connectivity index (χ1n) is 14.7. The maximum atomic E-state index is 16.7. The highest BCUT2D eigenvalue weighted by Crippen LogP contribution is 2.41. The molecule has 7 rings (SSSR count). The SMILES string of the molecule is Cc1cc2[nH]ncc2c(-c2ccc3c(N4CCNC(C=C(F)F)C4)nc(OCC45CCCN4CCC5)nc3c2F)c1C. The first-order chi connectivity index (χ1) is 20.3. The van der Waals surface area contributed by atoms with Crippen LogP contribution < -0.4 is 15.0 Å². The Morgan fingerprint density at radius 1 is 1.12 bits per heavy atom. The number of nitrogens with zero attached hydrogens (tertiary/aromatic N) is 5. The fourth-order valence-electron chi connectivity index (χ4n) is 7.19. The van der Waals surface area contributed by atoms with Gasteiger partial charge in [-0.2, -0.15) is 23.8 Å². The highest BCUT2D eigenvalue weighted by atomic mass is 19.3. The van der Waals surface area contributed by atoms with Gasteiger partial charge in [0.2, 0.25) is 0 Å². The summed E-state index contributed by atoms with van der Waals surface area (Å²) in [5, 5.41) is 11.7. The summed E-state index contributed by atoms with van der Waals surface area (Å²) >= 11 is 0. The number of aromatic amines is 1. The number of aryl methyl sites for hydroxylation is 1. The summed E-state index contributed by atoms with van der Waals surface area (Å²) in [5.74, 6) is 0.0151. The minimum atomic E-state index is -1.74. The van der Waals surface area contributed by atoms with Gasteiger partial charge >= 0.3 is 6.01 Å². The molecule has 42 heavy (non-hydrogen) atoms. The average molecular weight is 578 g/mol. The normalized spacial score (nSPS) is 20.4. The summed E-state index contributed by atoms with van der Waals surface area (Å²) in [4.78, 5) is 13.8. The van der Waals surface area contributed by atoms with E-state index >= 15 is 4.39 Å². The third-order valence-corrected chi connectivity index (χ3v) is 9.41. The molecule has 0 bridgehead atoms. The third kappa shape index (κ3) is 4.59. The van der Waals surface area contributed by atoms with Crippen molar-refractivity contribution in [2.24, 2.45) is 0 Å². The molecule has 0 radical (unpaired) electrons. The van der Waals surface area contributed by atoms with Crippen molar-refractivity contribution in [3.05, 3.63) is 53.5 Å². The molecule has 1 unspecified atom stereocenters. The number of benzene rings is 2. The number of halogens is 3. The van der Waals surface area contributed by atoms with E-state index in [2.05, 4.69) is 25.4 Å². The monoisotopic (exact) mass is 577 g/mol. The highest BCUT2D eigenvalue weighted by molar-refractivity contribution is 6.01. The molecule has 0 amide bonds. The molecule has 220 valence electrons. The first-order valence-corrected chi connectivity index (χ1v) is 14.7. The van der Waals surface area contributed by atoms with Crippen LogP contribution in [0.15, 0.2) is 36.6 Å². The Kier molecular flexibility index (Phi) is 6.81. The molecule has 5 heterocycles. The van der Waals surface area contributed by atoms with Gasteiger partial charge in [0.05, 0.1) is 17.3 Å². The van der Waals surface area contributed by atoms with Crippen molar-refractivity contribution in [1.29, 1.82) is 0 Å². The summed E-state index contributed by atoms with van der Waals surface area (Å²) in [6.07, 6.45) is 5.26. The molecule has 2 aromatic carbocycles. The lowest BCUT2D eigenvalue weighted by atomic mass is 9.92. The van der Waals surface area contributed by atoms with Crippen molar-refractivity contribution in [2.75, 3.05) is 44.2 Å². The van der Waals surface area contributed by atoms with E-state index in [-0.39, 0.29) is 23.6 Å². The van der Waals surface area contributed by atoms with Crippen molar-refractivity contribution in [1.82, 2.24) is 30.4 Å². The summed E-state index contributed by atoms with van der Waals surface area (Å²) in [6.45, 7) is 7.80. The minimum Gasteiger partial charge on any atom is -0.461 e. The molecule has 3 saturated heterocycles. The van der Waals surface area contributed by atoms with Crippen molar-refractivity contribution < 1.29 is 17.9 Å². The van der Waals surface area contributed by atoms with Crippen LogP contribution in [-0.4, -0.2) is 76.0 Å². The molecule has 0 aliphatic carbocycles. The molecule has 11 heteroatoms. The Morgan fingerprint density at radius 2 is 1.93 bits per heavy atom. The summed E-state index contributed by atoms with van der Waals surface area (Å²) in [7, 11) is 0. The Morgan fingerprint density at radius 3 is 2.71 bits per heavy atom. The van der Waals surface area contributed by atoms with Gasteiger partial charge in [0.15, 0.2) is 5.82 Å². The number of rotatable bonds is 6. The van der Waals surface area contributed by atoms with Gasteiger partial charge in [-0.05, 0) is 87.5 Å². The van der Waals surface area contributed by atoms with Gasteiger partial charge in [0.1, 0.15) is 17.9 Å². The van der Waals surface area contributed by atoms with Gasteiger partial charge in [-0.1, -0.05) is 6.07 Å². The number of H-pyrrole nitrogens is 1. The van der Waals surface area contributed by atoms with Crippen molar-refractivity contribution in [3.63, 3.8) is 0 Å². The fourth-order valence-corrected chi connectivity index (χ4v) is 7.19. The highest BCUT2D eigenvalue weighted by Gasteiger charge is 2.45. The number of aromatic nitrogens is 4. The second kappa shape index (κ2) is 10.5. The molecule has 3 aliphatic rings. The number of ether oxygens (including phenoxy) is 1. The van der Waals surface area contributed by atoms with Crippen molar-refractivity contribution in [3.8, 4) is 17.1 Å². The standard InChI is InChI=1S/C31H34F3N7O/c1-18-13-24-23(15-36-39-24)26(19(18)2)21-5-6-22-28(27(21)34)37-30(42-17-31-7-3-10-41(31)11-4-8-31)38-29(22)40-12-9-35-20(16-40)14-25(32)33/h5-6,13-15,20,35H,3-4,7-12,16-17H2,1-2H3,(H,36,39). The predicted molar refractivity (Wildman–Crippen MR) is 157 cm³/mol. The number of hydrogen-bond donors (Lipinski definition) is 2.